The molecule has 0 spiro atoms. The van der Waals surface area contributed by atoms with Gasteiger partial charge in [-0.25, -0.2) is 14.5 Å². The molecule has 0 saturated carbocycles. The molecule has 116 valence electrons. The van der Waals surface area contributed by atoms with Crippen molar-refractivity contribution in [3.63, 3.8) is 0 Å². The number of nitrogens with one attached hydrogen (secondary N) is 2. The van der Waals surface area contributed by atoms with Crippen LogP contribution in [0.1, 0.15) is 0 Å². The molecule has 2 aromatic heterocycles. The van der Waals surface area contributed by atoms with Crippen molar-refractivity contribution >= 4 is 11.4 Å². The van der Waals surface area contributed by atoms with Gasteiger partial charge in [0.05, 0.1) is 12.8 Å². The van der Waals surface area contributed by atoms with Gasteiger partial charge in [0.1, 0.15) is 17.2 Å². The average Bonchev–Trinajstić information content (AvgIpc) is 2.58. The van der Waals surface area contributed by atoms with E-state index in [1.54, 1.807) is 36.5 Å². The second-order valence-corrected chi connectivity index (χ2v) is 4.69. The Bertz CT molecular complexity index is 878. The zero-order chi connectivity index (χ0) is 16.2. The standard InChI is InChI=1S/C16H13FN4O2/c1-23-16-12(3-2-8-18-16)19-14-9-13(20-21-15(14)22)10-4-6-11(17)7-5-10/h2-9H,1H3,(H,19,20)(H,21,22). The Kier molecular flexibility index (Phi) is 4.01. The minimum Gasteiger partial charge on any atom is -0.480 e. The van der Waals surface area contributed by atoms with Crippen LogP contribution in [0, 0.1) is 5.82 Å². The molecule has 0 unspecified atom stereocenters. The first kappa shape index (κ1) is 14.7. The molecule has 7 heteroatoms. The first-order chi connectivity index (χ1) is 11.2. The van der Waals surface area contributed by atoms with E-state index in [0.29, 0.717) is 22.8 Å². The van der Waals surface area contributed by atoms with Crippen LogP contribution in [0.2, 0.25) is 0 Å². The van der Waals surface area contributed by atoms with Crippen LogP contribution in [0.4, 0.5) is 15.8 Å². The lowest BCUT2D eigenvalue weighted by molar-refractivity contribution is 0.400. The fourth-order valence-corrected chi connectivity index (χ4v) is 2.06. The van der Waals surface area contributed by atoms with E-state index in [-0.39, 0.29) is 17.1 Å². The van der Waals surface area contributed by atoms with Crippen LogP contribution < -0.4 is 15.6 Å². The summed E-state index contributed by atoms with van der Waals surface area (Å²) in [7, 11) is 1.49. The summed E-state index contributed by atoms with van der Waals surface area (Å²) < 4.78 is 18.1. The van der Waals surface area contributed by atoms with Crippen LogP contribution in [-0.4, -0.2) is 22.3 Å². The largest absolute Gasteiger partial charge is 0.480 e. The summed E-state index contributed by atoms with van der Waals surface area (Å²) in [4.78, 5) is 16.0. The lowest BCUT2D eigenvalue weighted by Gasteiger charge is -2.10. The molecule has 6 nitrogen and oxygen atoms in total. The number of ether oxygens (including phenoxy) is 1. The average molecular weight is 312 g/mol. The van der Waals surface area contributed by atoms with Crippen molar-refractivity contribution in [1.29, 1.82) is 0 Å². The molecule has 0 atom stereocenters. The molecule has 0 radical (unpaired) electrons. The summed E-state index contributed by atoms with van der Waals surface area (Å²) in [5.41, 5.74) is 1.64. The number of benzene rings is 1. The number of H-pyrrole nitrogens is 1. The number of methoxy groups -OCH3 is 1. The molecule has 0 fully saturated rings. The fraction of sp³-hybridized carbons (Fsp3) is 0.0625. The molecule has 0 aliphatic carbocycles. The maximum atomic E-state index is 13.0. The van der Waals surface area contributed by atoms with Crippen LogP contribution in [0.3, 0.4) is 0 Å². The fourth-order valence-electron chi connectivity index (χ4n) is 2.06. The highest BCUT2D eigenvalue weighted by Crippen LogP contribution is 2.24. The molecule has 0 bridgehead atoms. The molecule has 2 N–H and O–H groups in total. The Labute approximate surface area is 131 Å². The van der Waals surface area contributed by atoms with Gasteiger partial charge in [0.25, 0.3) is 5.56 Å². The summed E-state index contributed by atoms with van der Waals surface area (Å²) in [6.07, 6.45) is 1.59. The van der Waals surface area contributed by atoms with Crippen molar-refractivity contribution in [3.05, 3.63) is 64.8 Å². The molecular weight excluding hydrogens is 299 g/mol. The molecule has 1 aromatic carbocycles. The Morgan fingerprint density at radius 1 is 1.17 bits per heavy atom. The Hall–Kier alpha value is -3.22. The number of hydrogen-bond acceptors (Lipinski definition) is 5. The van der Waals surface area contributed by atoms with E-state index in [0.717, 1.165) is 0 Å². The monoisotopic (exact) mass is 312 g/mol. The third-order valence-corrected chi connectivity index (χ3v) is 3.18. The SMILES string of the molecule is COc1ncccc1Nc1cc(-c2ccc(F)cc2)n[nH]c1=O. The van der Waals surface area contributed by atoms with Gasteiger partial charge in [-0.3, -0.25) is 4.79 Å². The lowest BCUT2D eigenvalue weighted by atomic mass is 10.1. The molecule has 23 heavy (non-hydrogen) atoms. The van der Waals surface area contributed by atoms with Gasteiger partial charge in [0.2, 0.25) is 5.88 Å². The highest BCUT2D eigenvalue weighted by Gasteiger charge is 2.09. The van der Waals surface area contributed by atoms with Crippen LogP contribution in [-0.2, 0) is 0 Å². The first-order valence-electron chi connectivity index (χ1n) is 6.79. The quantitative estimate of drug-likeness (QED) is 0.774. The number of pyridine rings is 1. The second-order valence-electron chi connectivity index (χ2n) is 4.69. The topological polar surface area (TPSA) is 79.9 Å². The van der Waals surface area contributed by atoms with Crippen molar-refractivity contribution in [3.8, 4) is 17.1 Å². The molecule has 0 saturated heterocycles. The normalized spacial score (nSPS) is 10.3. The molecule has 0 aliphatic heterocycles. The summed E-state index contributed by atoms with van der Waals surface area (Å²) in [6.45, 7) is 0. The molecular formula is C16H13FN4O2. The van der Waals surface area contributed by atoms with Gasteiger partial charge in [0.15, 0.2) is 0 Å². The van der Waals surface area contributed by atoms with E-state index in [1.165, 1.54) is 19.2 Å². The number of aromatic nitrogens is 3. The number of hydrogen-bond donors (Lipinski definition) is 2. The Morgan fingerprint density at radius 2 is 1.96 bits per heavy atom. The van der Waals surface area contributed by atoms with Gasteiger partial charge in [-0.1, -0.05) is 0 Å². The molecule has 0 amide bonds. The number of halogens is 1. The van der Waals surface area contributed by atoms with E-state index in [1.807, 2.05) is 0 Å². The van der Waals surface area contributed by atoms with Crippen molar-refractivity contribution in [2.75, 3.05) is 12.4 Å². The highest BCUT2D eigenvalue weighted by atomic mass is 19.1. The van der Waals surface area contributed by atoms with Gasteiger partial charge in [-0.05, 0) is 42.5 Å². The minimum atomic E-state index is -0.387. The van der Waals surface area contributed by atoms with Crippen molar-refractivity contribution < 1.29 is 9.13 Å². The lowest BCUT2D eigenvalue weighted by Crippen LogP contribution is -2.14. The van der Waals surface area contributed by atoms with Gasteiger partial charge in [-0.15, -0.1) is 0 Å². The summed E-state index contributed by atoms with van der Waals surface area (Å²) in [5, 5.41) is 9.36. The summed E-state index contributed by atoms with van der Waals surface area (Å²) in [6, 6.07) is 10.9. The number of aromatic amines is 1. The Balaban J connectivity index is 1.98. The maximum absolute atomic E-state index is 13.0. The zero-order valence-electron chi connectivity index (χ0n) is 12.2. The molecule has 0 aliphatic rings. The zero-order valence-corrected chi connectivity index (χ0v) is 12.2. The van der Waals surface area contributed by atoms with Crippen LogP contribution in [0.5, 0.6) is 5.88 Å². The molecule has 2 heterocycles. The molecule has 3 aromatic rings. The van der Waals surface area contributed by atoms with E-state index >= 15 is 0 Å². The van der Waals surface area contributed by atoms with Gasteiger partial charge >= 0.3 is 0 Å². The van der Waals surface area contributed by atoms with Gasteiger partial charge in [0, 0.05) is 11.8 Å². The van der Waals surface area contributed by atoms with E-state index in [2.05, 4.69) is 20.5 Å². The van der Waals surface area contributed by atoms with Crippen LogP contribution in [0.15, 0.2) is 53.5 Å². The third kappa shape index (κ3) is 3.18. The van der Waals surface area contributed by atoms with E-state index in [4.69, 9.17) is 4.74 Å². The van der Waals surface area contributed by atoms with Crippen LogP contribution >= 0.6 is 0 Å². The second kappa shape index (κ2) is 6.27. The third-order valence-electron chi connectivity index (χ3n) is 3.18. The predicted molar refractivity (Wildman–Crippen MR) is 84.3 cm³/mol. The Morgan fingerprint density at radius 3 is 2.70 bits per heavy atom. The van der Waals surface area contributed by atoms with E-state index in [9.17, 15) is 9.18 Å². The number of nitrogens with zero attached hydrogens (tertiary/aromatic N) is 2. The predicted octanol–water partition coefficient (Wildman–Crippen LogP) is 2.72. The number of rotatable bonds is 4. The minimum absolute atomic E-state index is 0.283. The van der Waals surface area contributed by atoms with Crippen molar-refractivity contribution in [1.82, 2.24) is 15.2 Å². The molecule has 3 rings (SSSR count). The van der Waals surface area contributed by atoms with Gasteiger partial charge < -0.3 is 10.1 Å². The van der Waals surface area contributed by atoms with Crippen molar-refractivity contribution in [2.24, 2.45) is 0 Å². The summed E-state index contributed by atoms with van der Waals surface area (Å²) >= 11 is 0. The van der Waals surface area contributed by atoms with E-state index < -0.39 is 0 Å². The first-order valence-corrected chi connectivity index (χ1v) is 6.79. The van der Waals surface area contributed by atoms with Crippen molar-refractivity contribution in [2.45, 2.75) is 0 Å². The summed E-state index contributed by atoms with van der Waals surface area (Å²) in [5.74, 6) is 0.0312. The highest BCUT2D eigenvalue weighted by molar-refractivity contribution is 5.68. The smallest absolute Gasteiger partial charge is 0.287 e. The van der Waals surface area contributed by atoms with Crippen LogP contribution in [0.25, 0.3) is 11.3 Å². The van der Waals surface area contributed by atoms with Gasteiger partial charge in [-0.2, -0.15) is 5.10 Å². The maximum Gasteiger partial charge on any atom is 0.287 e. The number of anilines is 2.